The number of hydrogen-bond donors (Lipinski definition) is 2. The van der Waals surface area contributed by atoms with Crippen LogP contribution in [0, 0.1) is 0 Å². The maximum atomic E-state index is 11.6. The van der Waals surface area contributed by atoms with Crippen LogP contribution in [0.5, 0.6) is 5.75 Å². The number of amides is 2. The first-order chi connectivity index (χ1) is 9.52. The average molecular weight is 278 g/mol. The van der Waals surface area contributed by atoms with Crippen molar-refractivity contribution in [3.8, 4) is 5.75 Å². The van der Waals surface area contributed by atoms with E-state index in [0.29, 0.717) is 12.2 Å². The van der Waals surface area contributed by atoms with Crippen molar-refractivity contribution in [1.29, 1.82) is 0 Å². The minimum Gasteiger partial charge on any atom is -0.491 e. The summed E-state index contributed by atoms with van der Waals surface area (Å²) in [5, 5.41) is 5.11. The maximum Gasteiger partial charge on any atom is 0.313 e. The van der Waals surface area contributed by atoms with Crippen molar-refractivity contribution < 1.29 is 14.3 Å². The zero-order valence-corrected chi connectivity index (χ0v) is 12.2. The third-order valence-corrected chi connectivity index (χ3v) is 2.51. The van der Waals surface area contributed by atoms with Crippen molar-refractivity contribution in [2.24, 2.45) is 0 Å². The van der Waals surface area contributed by atoms with Crippen LogP contribution in [0.15, 0.2) is 24.3 Å². The molecular formula is C15H22N2O3. The highest BCUT2D eigenvalue weighted by Gasteiger charge is 2.12. The fourth-order valence-electron chi connectivity index (χ4n) is 1.54. The summed E-state index contributed by atoms with van der Waals surface area (Å²) < 4.78 is 5.50. The fourth-order valence-corrected chi connectivity index (χ4v) is 1.54. The number of carbonyl (C=O) groups is 2. The normalized spacial score (nSPS) is 10.2. The van der Waals surface area contributed by atoms with E-state index in [1.807, 2.05) is 20.8 Å². The van der Waals surface area contributed by atoms with Gasteiger partial charge in [0.1, 0.15) is 5.75 Å². The van der Waals surface area contributed by atoms with Crippen molar-refractivity contribution >= 4 is 17.5 Å². The molecule has 0 atom stereocenters. The van der Waals surface area contributed by atoms with Gasteiger partial charge in [-0.25, -0.2) is 0 Å². The molecule has 2 amide bonds. The molecule has 0 saturated heterocycles. The average Bonchev–Trinajstić information content (AvgIpc) is 2.40. The van der Waals surface area contributed by atoms with E-state index in [4.69, 9.17) is 4.74 Å². The summed E-state index contributed by atoms with van der Waals surface area (Å²) in [7, 11) is 0. The molecular weight excluding hydrogens is 256 g/mol. The first-order valence-electron chi connectivity index (χ1n) is 6.88. The Balaban J connectivity index is 2.47. The van der Waals surface area contributed by atoms with Gasteiger partial charge in [-0.2, -0.15) is 0 Å². The Morgan fingerprint density at radius 2 is 1.80 bits per heavy atom. The van der Waals surface area contributed by atoms with Crippen molar-refractivity contribution in [2.45, 2.75) is 39.7 Å². The zero-order valence-electron chi connectivity index (χ0n) is 12.2. The van der Waals surface area contributed by atoms with Gasteiger partial charge < -0.3 is 15.4 Å². The van der Waals surface area contributed by atoms with E-state index in [1.54, 1.807) is 24.3 Å². The van der Waals surface area contributed by atoms with Crippen LogP contribution in [0.4, 0.5) is 5.69 Å². The lowest BCUT2D eigenvalue weighted by Gasteiger charge is -2.10. The lowest BCUT2D eigenvalue weighted by molar-refractivity contribution is -0.136. The second-order valence-electron chi connectivity index (χ2n) is 4.75. The number of ether oxygens (including phenoxy) is 1. The number of benzene rings is 1. The Hall–Kier alpha value is -2.04. The molecule has 0 aliphatic heterocycles. The monoisotopic (exact) mass is 278 g/mol. The Morgan fingerprint density at radius 1 is 1.15 bits per heavy atom. The van der Waals surface area contributed by atoms with Gasteiger partial charge in [-0.3, -0.25) is 9.59 Å². The smallest absolute Gasteiger partial charge is 0.313 e. The van der Waals surface area contributed by atoms with E-state index in [0.717, 1.165) is 18.6 Å². The summed E-state index contributed by atoms with van der Waals surface area (Å²) in [4.78, 5) is 23.1. The molecule has 0 aromatic heterocycles. The van der Waals surface area contributed by atoms with Gasteiger partial charge in [-0.05, 0) is 44.5 Å². The lowest BCUT2D eigenvalue weighted by atomic mass is 10.3. The number of unbranched alkanes of at least 4 members (excludes halogenated alkanes) is 1. The van der Waals surface area contributed by atoms with Crippen molar-refractivity contribution in [3.63, 3.8) is 0 Å². The van der Waals surface area contributed by atoms with Gasteiger partial charge in [-0.15, -0.1) is 0 Å². The molecule has 0 aliphatic carbocycles. The third-order valence-electron chi connectivity index (χ3n) is 2.51. The van der Waals surface area contributed by atoms with E-state index in [1.165, 1.54) is 0 Å². The molecule has 5 heteroatoms. The lowest BCUT2D eigenvalue weighted by Crippen LogP contribution is -2.35. The largest absolute Gasteiger partial charge is 0.491 e. The number of hydrogen-bond acceptors (Lipinski definition) is 3. The molecule has 0 radical (unpaired) electrons. The molecule has 2 N–H and O–H groups in total. The number of carbonyl (C=O) groups excluding carboxylic acids is 2. The topological polar surface area (TPSA) is 67.4 Å². The first-order valence-corrected chi connectivity index (χ1v) is 6.88. The summed E-state index contributed by atoms with van der Waals surface area (Å²) in [6.45, 7) is 6.42. The summed E-state index contributed by atoms with van der Waals surface area (Å²) in [5.41, 5.74) is 0.566. The van der Waals surface area contributed by atoms with E-state index < -0.39 is 11.8 Å². The van der Waals surface area contributed by atoms with E-state index >= 15 is 0 Å². The molecule has 0 heterocycles. The first kappa shape index (κ1) is 16.0. The standard InChI is InChI=1S/C15H22N2O3/c1-4-5-10-16-14(18)15(19)17-12-6-8-13(9-7-12)20-11(2)3/h6-9,11H,4-5,10H2,1-3H3,(H,16,18)(H,17,19). The molecule has 1 aromatic carbocycles. The molecule has 110 valence electrons. The summed E-state index contributed by atoms with van der Waals surface area (Å²) in [6.07, 6.45) is 1.93. The van der Waals surface area contributed by atoms with E-state index in [9.17, 15) is 9.59 Å². The SMILES string of the molecule is CCCCNC(=O)C(=O)Nc1ccc(OC(C)C)cc1. The Kier molecular flexibility index (Phi) is 6.56. The zero-order chi connectivity index (χ0) is 15.0. The molecule has 20 heavy (non-hydrogen) atoms. The van der Waals surface area contributed by atoms with Gasteiger partial charge in [0, 0.05) is 12.2 Å². The number of rotatable bonds is 6. The predicted molar refractivity (Wildman–Crippen MR) is 78.8 cm³/mol. The fraction of sp³-hybridized carbons (Fsp3) is 0.467. The highest BCUT2D eigenvalue weighted by molar-refractivity contribution is 6.39. The second kappa shape index (κ2) is 8.19. The van der Waals surface area contributed by atoms with Crippen molar-refractivity contribution in [3.05, 3.63) is 24.3 Å². The Labute approximate surface area is 119 Å². The van der Waals surface area contributed by atoms with Crippen molar-refractivity contribution in [2.75, 3.05) is 11.9 Å². The summed E-state index contributed by atoms with van der Waals surface area (Å²) in [6, 6.07) is 6.92. The third kappa shape index (κ3) is 5.73. The van der Waals surface area contributed by atoms with Crippen LogP contribution in [0.3, 0.4) is 0 Å². The van der Waals surface area contributed by atoms with Gasteiger partial charge in [0.15, 0.2) is 0 Å². The minimum absolute atomic E-state index is 0.0970. The van der Waals surface area contributed by atoms with Crippen LogP contribution >= 0.6 is 0 Å². The van der Waals surface area contributed by atoms with Gasteiger partial charge in [-0.1, -0.05) is 13.3 Å². The Morgan fingerprint density at radius 3 is 2.35 bits per heavy atom. The maximum absolute atomic E-state index is 11.6. The van der Waals surface area contributed by atoms with Crippen LogP contribution in [-0.2, 0) is 9.59 Å². The number of anilines is 1. The van der Waals surface area contributed by atoms with Gasteiger partial charge in [0.25, 0.3) is 0 Å². The molecule has 0 unspecified atom stereocenters. The predicted octanol–water partition coefficient (Wildman–Crippen LogP) is 2.33. The highest BCUT2D eigenvalue weighted by atomic mass is 16.5. The molecule has 0 spiro atoms. The van der Waals surface area contributed by atoms with Crippen LogP contribution in [0.2, 0.25) is 0 Å². The minimum atomic E-state index is -0.654. The molecule has 1 aromatic rings. The van der Waals surface area contributed by atoms with Gasteiger partial charge >= 0.3 is 11.8 Å². The van der Waals surface area contributed by atoms with Crippen molar-refractivity contribution in [1.82, 2.24) is 5.32 Å². The molecule has 0 bridgehead atoms. The summed E-state index contributed by atoms with van der Waals surface area (Å²) in [5.74, 6) is -0.537. The molecule has 5 nitrogen and oxygen atoms in total. The Bertz CT molecular complexity index is 441. The number of nitrogens with one attached hydrogen (secondary N) is 2. The molecule has 1 rings (SSSR count). The van der Waals surface area contributed by atoms with Crippen LogP contribution < -0.4 is 15.4 Å². The van der Waals surface area contributed by atoms with Crippen LogP contribution in [-0.4, -0.2) is 24.5 Å². The quantitative estimate of drug-likeness (QED) is 0.620. The molecule has 0 aliphatic rings. The van der Waals surface area contributed by atoms with E-state index in [-0.39, 0.29) is 6.10 Å². The van der Waals surface area contributed by atoms with E-state index in [2.05, 4.69) is 10.6 Å². The molecule has 0 fully saturated rings. The second-order valence-corrected chi connectivity index (χ2v) is 4.75. The van der Waals surface area contributed by atoms with Gasteiger partial charge in [0.05, 0.1) is 6.10 Å². The highest BCUT2D eigenvalue weighted by Crippen LogP contribution is 2.16. The van der Waals surface area contributed by atoms with Crippen LogP contribution in [0.1, 0.15) is 33.6 Å². The summed E-state index contributed by atoms with van der Waals surface area (Å²) >= 11 is 0. The molecule has 0 saturated carbocycles. The van der Waals surface area contributed by atoms with Gasteiger partial charge in [0.2, 0.25) is 0 Å². The van der Waals surface area contributed by atoms with Crippen LogP contribution in [0.25, 0.3) is 0 Å².